The van der Waals surface area contributed by atoms with E-state index in [2.05, 4.69) is 36.9 Å². The third kappa shape index (κ3) is 5.88. The number of anilines is 2. The highest BCUT2D eigenvalue weighted by Crippen LogP contribution is 2.60. The first-order valence-corrected chi connectivity index (χ1v) is 15.0. The molecule has 1 aromatic heterocycles. The van der Waals surface area contributed by atoms with Crippen LogP contribution in [0, 0.1) is 34.5 Å². The predicted molar refractivity (Wildman–Crippen MR) is 153 cm³/mol. The van der Waals surface area contributed by atoms with Crippen LogP contribution in [0.1, 0.15) is 56.1 Å². The van der Waals surface area contributed by atoms with Crippen LogP contribution in [0.15, 0.2) is 30.5 Å². The van der Waals surface area contributed by atoms with E-state index in [4.69, 9.17) is 11.6 Å². The van der Waals surface area contributed by atoms with E-state index >= 15 is 0 Å². The summed E-state index contributed by atoms with van der Waals surface area (Å²) in [5.41, 5.74) is 1.74. The Labute approximate surface area is 236 Å². The molecule has 4 bridgehead atoms. The molecule has 208 valence electrons. The van der Waals surface area contributed by atoms with E-state index in [0.29, 0.717) is 41.0 Å². The number of hydrogen-bond donors (Lipinski definition) is 4. The van der Waals surface area contributed by atoms with Crippen LogP contribution in [-0.2, 0) is 6.54 Å². The molecule has 4 saturated carbocycles. The SMILES string of the molecule is N#Cc1cnc(NCc2ccccc2Cl)nc1NC[C@]12CC3C[C@H](C1)[C@@H](NC1CCN(CCO)CC1)[C@@H](C3)C2. The molecule has 2 aromatic rings. The van der Waals surface area contributed by atoms with E-state index in [1.165, 1.54) is 44.9 Å². The Balaban J connectivity index is 1.08. The molecule has 1 aromatic carbocycles. The Morgan fingerprint density at radius 1 is 1.10 bits per heavy atom. The zero-order valence-corrected chi connectivity index (χ0v) is 23.3. The molecule has 1 unspecified atom stereocenters. The number of aromatic nitrogens is 2. The van der Waals surface area contributed by atoms with Crippen molar-refractivity contribution in [2.45, 2.75) is 63.6 Å². The fourth-order valence-electron chi connectivity index (χ4n) is 8.19. The van der Waals surface area contributed by atoms with Gasteiger partial charge in [0.15, 0.2) is 0 Å². The molecule has 0 amide bonds. The van der Waals surface area contributed by atoms with Crippen LogP contribution in [0.25, 0.3) is 0 Å². The number of nitriles is 1. The van der Waals surface area contributed by atoms with Crippen molar-refractivity contribution in [3.8, 4) is 6.07 Å². The summed E-state index contributed by atoms with van der Waals surface area (Å²) in [6.45, 7) is 4.62. The molecule has 39 heavy (non-hydrogen) atoms. The maximum atomic E-state index is 9.72. The van der Waals surface area contributed by atoms with Gasteiger partial charge in [0, 0.05) is 36.7 Å². The van der Waals surface area contributed by atoms with Gasteiger partial charge in [-0.3, -0.25) is 0 Å². The summed E-state index contributed by atoms with van der Waals surface area (Å²) in [5.74, 6) is 3.41. The van der Waals surface area contributed by atoms with Crippen molar-refractivity contribution in [2.75, 3.05) is 43.4 Å². The van der Waals surface area contributed by atoms with Gasteiger partial charge in [0.25, 0.3) is 0 Å². The van der Waals surface area contributed by atoms with Gasteiger partial charge in [0.1, 0.15) is 17.5 Å². The highest BCUT2D eigenvalue weighted by atomic mass is 35.5. The predicted octanol–water partition coefficient (Wildman–Crippen LogP) is 4.27. The van der Waals surface area contributed by atoms with Crippen LogP contribution >= 0.6 is 11.6 Å². The van der Waals surface area contributed by atoms with Crippen molar-refractivity contribution < 1.29 is 5.11 Å². The van der Waals surface area contributed by atoms with E-state index in [-0.39, 0.29) is 12.0 Å². The van der Waals surface area contributed by atoms with Gasteiger partial charge < -0.3 is 26.0 Å². The average molecular weight is 550 g/mol. The van der Waals surface area contributed by atoms with Crippen molar-refractivity contribution in [3.05, 3.63) is 46.6 Å². The molecule has 5 atom stereocenters. The van der Waals surface area contributed by atoms with Crippen molar-refractivity contribution in [1.82, 2.24) is 20.2 Å². The van der Waals surface area contributed by atoms with Gasteiger partial charge in [-0.1, -0.05) is 29.8 Å². The van der Waals surface area contributed by atoms with Gasteiger partial charge in [0.2, 0.25) is 5.95 Å². The summed E-state index contributed by atoms with van der Waals surface area (Å²) in [6.07, 6.45) is 10.5. The zero-order chi connectivity index (χ0) is 26.8. The van der Waals surface area contributed by atoms with Crippen molar-refractivity contribution in [1.29, 1.82) is 5.26 Å². The highest BCUT2D eigenvalue weighted by Gasteiger charge is 2.55. The van der Waals surface area contributed by atoms with E-state index in [0.717, 1.165) is 49.5 Å². The maximum absolute atomic E-state index is 9.72. The van der Waals surface area contributed by atoms with Crippen LogP contribution in [0.4, 0.5) is 11.8 Å². The Morgan fingerprint density at radius 2 is 1.87 bits per heavy atom. The zero-order valence-electron chi connectivity index (χ0n) is 22.6. The van der Waals surface area contributed by atoms with Gasteiger partial charge in [-0.2, -0.15) is 10.2 Å². The minimum Gasteiger partial charge on any atom is -0.395 e. The molecule has 0 radical (unpaired) electrons. The molecule has 8 nitrogen and oxygen atoms in total. The molecule has 1 saturated heterocycles. The van der Waals surface area contributed by atoms with Crippen LogP contribution < -0.4 is 16.0 Å². The second-order valence-corrected chi connectivity index (χ2v) is 12.8. The van der Waals surface area contributed by atoms with Gasteiger partial charge in [-0.25, -0.2) is 4.98 Å². The third-order valence-corrected chi connectivity index (χ3v) is 10.1. The van der Waals surface area contributed by atoms with Crippen molar-refractivity contribution in [2.24, 2.45) is 23.2 Å². The number of benzene rings is 1. The van der Waals surface area contributed by atoms with Crippen LogP contribution in [-0.4, -0.2) is 64.8 Å². The highest BCUT2D eigenvalue weighted by molar-refractivity contribution is 6.31. The topological polar surface area (TPSA) is 109 Å². The third-order valence-electron chi connectivity index (χ3n) is 9.77. The van der Waals surface area contributed by atoms with Crippen molar-refractivity contribution in [3.63, 3.8) is 0 Å². The van der Waals surface area contributed by atoms with E-state index in [1.54, 1.807) is 6.20 Å². The summed E-state index contributed by atoms with van der Waals surface area (Å²) >= 11 is 6.30. The second-order valence-electron chi connectivity index (χ2n) is 12.4. The van der Waals surface area contributed by atoms with E-state index in [9.17, 15) is 10.4 Å². The lowest BCUT2D eigenvalue weighted by Gasteiger charge is -2.61. The lowest BCUT2D eigenvalue weighted by Crippen LogP contribution is -2.61. The fraction of sp³-hybridized carbons (Fsp3) is 0.633. The summed E-state index contributed by atoms with van der Waals surface area (Å²) < 4.78 is 0. The molecular formula is C30H40ClN7O. The number of likely N-dealkylation sites (tertiary alicyclic amines) is 1. The summed E-state index contributed by atoms with van der Waals surface area (Å²) in [6, 6.07) is 11.2. The summed E-state index contributed by atoms with van der Waals surface area (Å²) in [5, 5.41) is 30.7. The first-order valence-electron chi connectivity index (χ1n) is 14.6. The Kier molecular flexibility index (Phi) is 7.95. The number of rotatable bonds is 10. The molecule has 4 aliphatic carbocycles. The monoisotopic (exact) mass is 549 g/mol. The first-order chi connectivity index (χ1) is 19.0. The molecule has 0 spiro atoms. The molecule has 2 heterocycles. The summed E-state index contributed by atoms with van der Waals surface area (Å²) in [7, 11) is 0. The number of hydrogen-bond acceptors (Lipinski definition) is 8. The van der Waals surface area contributed by atoms with Gasteiger partial charge in [0.05, 0.1) is 12.8 Å². The molecule has 5 aliphatic rings. The quantitative estimate of drug-likeness (QED) is 0.348. The van der Waals surface area contributed by atoms with Gasteiger partial charge in [-0.05, 0) is 92.8 Å². The fourth-order valence-corrected chi connectivity index (χ4v) is 8.39. The number of nitrogens with one attached hydrogen (secondary N) is 3. The number of halogens is 1. The number of β-amino-alcohol motifs (C(OH)–C–C–N with tert-alkyl or cyclic N) is 1. The largest absolute Gasteiger partial charge is 0.395 e. The normalized spacial score (nSPS) is 30.3. The molecule has 9 heteroatoms. The van der Waals surface area contributed by atoms with Gasteiger partial charge >= 0.3 is 0 Å². The number of piperidine rings is 1. The standard InChI is InChI=1S/C30H40ClN7O/c31-26-4-2-1-3-21(26)17-33-29-34-18-24(16-32)28(37-29)35-19-30-13-20-11-22(14-30)27(23(12-20)15-30)36-25-5-7-38(8-6-25)9-10-39/h1-4,18,20,22-23,25,27,36,39H,5-15,17,19H2,(H2,33,34,35,37)/t20?,22-,23+,27-,30-. The number of nitrogens with zero attached hydrogens (tertiary/aromatic N) is 4. The second kappa shape index (κ2) is 11.6. The Hall–Kier alpha value is -2.44. The molecule has 7 rings (SSSR count). The lowest BCUT2D eigenvalue weighted by atomic mass is 9.48. The van der Waals surface area contributed by atoms with Gasteiger partial charge in [-0.15, -0.1) is 0 Å². The lowest BCUT2D eigenvalue weighted by molar-refractivity contribution is -0.0735. The van der Waals surface area contributed by atoms with E-state index < -0.39 is 0 Å². The van der Waals surface area contributed by atoms with Crippen LogP contribution in [0.2, 0.25) is 5.02 Å². The Morgan fingerprint density at radius 3 is 2.59 bits per heavy atom. The minimum absolute atomic E-state index is 0.258. The average Bonchev–Trinajstić information content (AvgIpc) is 2.94. The summed E-state index contributed by atoms with van der Waals surface area (Å²) in [4.78, 5) is 11.4. The minimum atomic E-state index is 0.258. The maximum Gasteiger partial charge on any atom is 0.224 e. The smallest absolute Gasteiger partial charge is 0.224 e. The molecule has 1 aliphatic heterocycles. The van der Waals surface area contributed by atoms with Crippen molar-refractivity contribution >= 4 is 23.4 Å². The Bertz CT molecular complexity index is 1180. The first kappa shape index (κ1) is 26.8. The van der Waals surface area contributed by atoms with Crippen LogP contribution in [0.5, 0.6) is 0 Å². The van der Waals surface area contributed by atoms with E-state index in [1.807, 2.05) is 24.3 Å². The molecule has 5 fully saturated rings. The molecular weight excluding hydrogens is 510 g/mol. The van der Waals surface area contributed by atoms with Crippen LogP contribution in [0.3, 0.4) is 0 Å². The number of aliphatic hydroxyl groups excluding tert-OH is 1. The number of aliphatic hydroxyl groups is 1. The molecule has 4 N–H and O–H groups in total.